The third kappa shape index (κ3) is 12.1. The Hall–Kier alpha value is -0.570. The normalized spacial score (nSPS) is 13.0. The molecule has 0 bridgehead atoms. The minimum Gasteiger partial charge on any atom is -0.469 e. The zero-order valence-corrected chi connectivity index (χ0v) is 8.42. The maximum absolute atomic E-state index is 10.3. The molecule has 0 rings (SSSR count). The van der Waals surface area contributed by atoms with Crippen LogP contribution in [0.15, 0.2) is 0 Å². The first-order valence-corrected chi connectivity index (χ1v) is 3.93. The molecule has 0 aliphatic heterocycles. The molecule has 3 nitrogen and oxygen atoms in total. The summed E-state index contributed by atoms with van der Waals surface area (Å²) in [5.74, 6) is -0.461. The molecule has 0 heterocycles. The van der Waals surface area contributed by atoms with Gasteiger partial charge in [-0.05, 0) is 5.92 Å². The highest BCUT2D eigenvalue weighted by atomic mass is 16.5. The minimum absolute atomic E-state index is 0.00463. The Morgan fingerprint density at radius 1 is 1.50 bits per heavy atom. The van der Waals surface area contributed by atoms with Crippen LogP contribution in [0.2, 0.25) is 0 Å². The molecule has 0 aromatic carbocycles. The lowest BCUT2D eigenvalue weighted by atomic mass is 10.2. The highest BCUT2D eigenvalue weighted by Crippen LogP contribution is 1.91. The Morgan fingerprint density at radius 2 is 1.83 bits per heavy atom. The fourth-order valence-electron chi connectivity index (χ4n) is 0.236. The van der Waals surface area contributed by atoms with Crippen molar-refractivity contribution in [3.8, 4) is 0 Å². The van der Waals surface area contributed by atoms with Crippen LogP contribution in [0.1, 0.15) is 30.4 Å². The molecule has 0 aliphatic carbocycles. The Labute approximate surface area is 77.5 Å². The van der Waals surface area contributed by atoms with E-state index >= 15 is 0 Å². The van der Waals surface area contributed by atoms with E-state index in [0.717, 1.165) is 0 Å². The van der Waals surface area contributed by atoms with Crippen LogP contribution in [0.5, 0.6) is 0 Å². The molecule has 0 aromatic rings. The van der Waals surface area contributed by atoms with Crippen molar-refractivity contribution in [1.82, 2.24) is 0 Å². The van der Waals surface area contributed by atoms with E-state index in [4.69, 9.17) is 7.85 Å². The summed E-state index contributed by atoms with van der Waals surface area (Å²) in [7, 11) is 1.39. The predicted octanol–water partition coefficient (Wildman–Crippen LogP) is 1.45. The molecule has 0 saturated heterocycles. The van der Waals surface area contributed by atoms with E-state index in [0.29, 0.717) is 0 Å². The van der Waals surface area contributed by atoms with E-state index in [1.165, 1.54) is 7.11 Å². The van der Waals surface area contributed by atoms with Crippen molar-refractivity contribution in [1.29, 1.82) is 0 Å². The van der Waals surface area contributed by atoms with Crippen molar-refractivity contribution >= 4 is 5.97 Å². The maximum Gasteiger partial charge on any atom is 0.308 e. The second kappa shape index (κ2) is 8.53. The zero-order chi connectivity index (χ0) is 11.9. The van der Waals surface area contributed by atoms with Crippen molar-refractivity contribution in [2.75, 3.05) is 13.7 Å². The van der Waals surface area contributed by atoms with Crippen LogP contribution in [-0.4, -0.2) is 24.7 Å². The number of esters is 1. The van der Waals surface area contributed by atoms with Gasteiger partial charge in [0.05, 0.1) is 15.8 Å². The SMILES string of the molecule is COC(=O)C(C)C.[2H]C([2H])(O)C(C)C. The van der Waals surface area contributed by atoms with E-state index in [2.05, 4.69) is 4.74 Å². The first kappa shape index (κ1) is 9.52. The molecule has 12 heavy (non-hydrogen) atoms. The number of rotatable bonds is 2. The summed E-state index contributed by atoms with van der Waals surface area (Å²) >= 11 is 0. The molecule has 0 amide bonds. The van der Waals surface area contributed by atoms with Gasteiger partial charge in [-0.15, -0.1) is 0 Å². The van der Waals surface area contributed by atoms with Gasteiger partial charge in [0.2, 0.25) is 0 Å². The second-order valence-corrected chi connectivity index (χ2v) is 2.96. The molecule has 0 fully saturated rings. The largest absolute Gasteiger partial charge is 0.469 e. The van der Waals surface area contributed by atoms with Crippen LogP contribution in [0, 0.1) is 11.8 Å². The smallest absolute Gasteiger partial charge is 0.308 e. The minimum atomic E-state index is -2.00. The highest BCUT2D eigenvalue weighted by molar-refractivity contribution is 5.71. The van der Waals surface area contributed by atoms with Gasteiger partial charge >= 0.3 is 5.97 Å². The maximum atomic E-state index is 10.3. The van der Waals surface area contributed by atoms with Crippen LogP contribution in [-0.2, 0) is 9.53 Å². The van der Waals surface area contributed by atoms with E-state index < -0.39 is 6.56 Å². The van der Waals surface area contributed by atoms with Crippen molar-refractivity contribution in [3.63, 3.8) is 0 Å². The Bertz CT molecular complexity index is 162. The van der Waals surface area contributed by atoms with Crippen molar-refractivity contribution in [2.45, 2.75) is 27.7 Å². The lowest BCUT2D eigenvalue weighted by Gasteiger charge is -1.97. The number of carbonyl (C=O) groups excluding carboxylic acids is 1. The van der Waals surface area contributed by atoms with Gasteiger partial charge in [0, 0.05) is 6.56 Å². The quantitative estimate of drug-likeness (QED) is 0.651. The van der Waals surface area contributed by atoms with Gasteiger partial charge in [-0.1, -0.05) is 27.7 Å². The van der Waals surface area contributed by atoms with Crippen LogP contribution in [0.25, 0.3) is 0 Å². The van der Waals surface area contributed by atoms with Crippen LogP contribution < -0.4 is 0 Å². The number of methoxy groups -OCH3 is 1. The van der Waals surface area contributed by atoms with Crippen LogP contribution in [0.3, 0.4) is 0 Å². The third-order valence-corrected chi connectivity index (χ3v) is 0.931. The molecule has 0 unspecified atom stereocenters. The number of ether oxygens (including phenoxy) is 1. The molecule has 74 valence electrons. The molecular formula is C9H20O3. The van der Waals surface area contributed by atoms with Crippen molar-refractivity contribution in [3.05, 3.63) is 0 Å². The van der Waals surface area contributed by atoms with Gasteiger partial charge < -0.3 is 9.84 Å². The average molecular weight is 178 g/mol. The summed E-state index contributed by atoms with van der Waals surface area (Å²) < 4.78 is 17.6. The predicted molar refractivity (Wildman–Crippen MR) is 48.8 cm³/mol. The zero-order valence-electron chi connectivity index (χ0n) is 10.4. The molecule has 0 spiro atoms. The number of hydrogen-bond acceptors (Lipinski definition) is 3. The van der Waals surface area contributed by atoms with Crippen molar-refractivity contribution < 1.29 is 17.4 Å². The summed E-state index contributed by atoms with van der Waals surface area (Å²) in [5, 5.41) is 8.43. The monoisotopic (exact) mass is 178 g/mol. The highest BCUT2D eigenvalue weighted by Gasteiger charge is 2.03. The fourth-order valence-corrected chi connectivity index (χ4v) is 0.236. The third-order valence-electron chi connectivity index (χ3n) is 0.931. The Morgan fingerprint density at radius 3 is 1.83 bits per heavy atom. The summed E-state index contributed by atoms with van der Waals surface area (Å²) in [6.45, 7) is 4.84. The van der Waals surface area contributed by atoms with E-state index in [1.54, 1.807) is 27.7 Å². The van der Waals surface area contributed by atoms with Gasteiger partial charge in [-0.2, -0.15) is 0 Å². The average Bonchev–Trinajstić information content (AvgIpc) is 2.02. The van der Waals surface area contributed by atoms with E-state index in [9.17, 15) is 4.79 Å². The molecule has 1 N–H and O–H groups in total. The summed E-state index contributed by atoms with van der Waals surface area (Å²) in [5.41, 5.74) is 0. The molecule has 0 atom stereocenters. The summed E-state index contributed by atoms with van der Waals surface area (Å²) in [6.07, 6.45) is 0. The summed E-state index contributed by atoms with van der Waals surface area (Å²) in [4.78, 5) is 10.3. The summed E-state index contributed by atoms with van der Waals surface area (Å²) in [6, 6.07) is 0. The molecule has 0 radical (unpaired) electrons. The van der Waals surface area contributed by atoms with E-state index in [-0.39, 0.29) is 17.8 Å². The number of carbonyl (C=O) groups is 1. The lowest BCUT2D eigenvalue weighted by Crippen LogP contribution is -2.07. The molecule has 0 saturated carbocycles. The van der Waals surface area contributed by atoms with Gasteiger partial charge in [0.15, 0.2) is 0 Å². The van der Waals surface area contributed by atoms with Gasteiger partial charge in [-0.3, -0.25) is 4.79 Å². The number of hydrogen-bond donors (Lipinski definition) is 1. The number of aliphatic hydroxyl groups is 1. The molecular weight excluding hydrogens is 156 g/mol. The Balaban J connectivity index is 0. The van der Waals surface area contributed by atoms with Crippen LogP contribution >= 0.6 is 0 Å². The standard InChI is InChI=1S/C5H10O2.C4H10O/c1-4(2)5(6)7-3;1-4(2)3-5/h4H,1-3H3;4-5H,3H2,1-2H3/i;3D2. The van der Waals surface area contributed by atoms with Crippen LogP contribution in [0.4, 0.5) is 0 Å². The lowest BCUT2D eigenvalue weighted by molar-refractivity contribution is -0.144. The molecule has 3 heteroatoms. The second-order valence-electron chi connectivity index (χ2n) is 2.96. The van der Waals surface area contributed by atoms with E-state index in [1.807, 2.05) is 0 Å². The Kier molecular flexibility index (Phi) is 6.76. The molecule has 0 aliphatic rings. The fraction of sp³-hybridized carbons (Fsp3) is 0.889. The van der Waals surface area contributed by atoms with Gasteiger partial charge in [0.1, 0.15) is 0 Å². The molecule has 0 aromatic heterocycles. The first-order valence-electron chi connectivity index (χ1n) is 4.93. The topological polar surface area (TPSA) is 46.5 Å². The first-order chi connectivity index (χ1) is 6.12. The van der Waals surface area contributed by atoms with Crippen molar-refractivity contribution in [2.24, 2.45) is 11.8 Å². The van der Waals surface area contributed by atoms with Gasteiger partial charge in [-0.25, -0.2) is 0 Å². The van der Waals surface area contributed by atoms with Gasteiger partial charge in [0.25, 0.3) is 0 Å².